The van der Waals surface area contributed by atoms with Crippen molar-refractivity contribution in [1.82, 2.24) is 4.98 Å². The number of rotatable bonds is 3. The summed E-state index contributed by atoms with van der Waals surface area (Å²) < 4.78 is 24.8. The van der Waals surface area contributed by atoms with E-state index in [1.54, 1.807) is 0 Å². The molecule has 6 heteroatoms. The first-order chi connectivity index (χ1) is 7.11. The van der Waals surface area contributed by atoms with Gasteiger partial charge < -0.3 is 0 Å². The highest BCUT2D eigenvalue weighted by atomic mass is 35.5. The van der Waals surface area contributed by atoms with Crippen molar-refractivity contribution in [3.63, 3.8) is 0 Å². The third-order valence-corrected chi connectivity index (χ3v) is 2.54. The number of halogens is 4. The van der Waals surface area contributed by atoms with Crippen molar-refractivity contribution >= 4 is 23.2 Å². The Kier molecular flexibility index (Phi) is 4.25. The van der Waals surface area contributed by atoms with Gasteiger partial charge in [0.1, 0.15) is 5.69 Å². The molecule has 0 unspecified atom stereocenters. The average Bonchev–Trinajstić information content (AvgIpc) is 2.18. The van der Waals surface area contributed by atoms with Crippen molar-refractivity contribution in [2.75, 3.05) is 0 Å². The van der Waals surface area contributed by atoms with Gasteiger partial charge in [-0.15, -0.1) is 11.6 Å². The number of aromatic nitrogens is 1. The van der Waals surface area contributed by atoms with Gasteiger partial charge in [-0.25, -0.2) is 8.78 Å². The molecule has 0 saturated heterocycles. The van der Waals surface area contributed by atoms with Crippen molar-refractivity contribution in [2.45, 2.75) is 18.7 Å². The number of nitrogens with zero attached hydrogens (tertiary/aromatic N) is 2. The van der Waals surface area contributed by atoms with Gasteiger partial charge in [-0.3, -0.25) is 4.98 Å². The van der Waals surface area contributed by atoms with Gasteiger partial charge in [0.15, 0.2) is 0 Å². The first-order valence-electron chi connectivity index (χ1n) is 3.99. The molecule has 0 N–H and O–H groups in total. The molecule has 80 valence electrons. The van der Waals surface area contributed by atoms with Crippen LogP contribution in [0.15, 0.2) is 6.20 Å². The second-order valence-corrected chi connectivity index (χ2v) is 3.38. The predicted molar refractivity (Wildman–Crippen MR) is 53.1 cm³/mol. The second-order valence-electron chi connectivity index (χ2n) is 2.73. The van der Waals surface area contributed by atoms with E-state index >= 15 is 0 Å². The van der Waals surface area contributed by atoms with Gasteiger partial charge in [-0.05, 0) is 11.1 Å². The van der Waals surface area contributed by atoms with E-state index in [1.165, 1.54) is 6.20 Å². The van der Waals surface area contributed by atoms with Crippen LogP contribution in [0.2, 0.25) is 5.02 Å². The maximum absolute atomic E-state index is 12.4. The van der Waals surface area contributed by atoms with Crippen molar-refractivity contribution < 1.29 is 8.78 Å². The molecular weight excluding hydrogens is 245 g/mol. The van der Waals surface area contributed by atoms with Crippen molar-refractivity contribution in [3.05, 3.63) is 28.0 Å². The molecular formula is C9H6Cl2F2N2. The molecule has 0 aromatic carbocycles. The SMILES string of the molecule is N#CCc1cnc(C(F)F)c(Cl)c1CCl. The Labute approximate surface area is 95.4 Å². The Morgan fingerprint density at radius 1 is 1.53 bits per heavy atom. The fraction of sp³-hybridized carbons (Fsp3) is 0.333. The van der Waals surface area contributed by atoms with Crippen LogP contribution in [0.1, 0.15) is 23.2 Å². The first-order valence-corrected chi connectivity index (χ1v) is 4.90. The van der Waals surface area contributed by atoms with Crippen molar-refractivity contribution in [3.8, 4) is 6.07 Å². The van der Waals surface area contributed by atoms with Crippen molar-refractivity contribution in [1.29, 1.82) is 5.26 Å². The number of nitriles is 1. The standard InChI is InChI=1S/C9H6Cl2F2N2/c10-3-6-5(1-2-14)4-15-8(7(6)11)9(12)13/h4,9H,1,3H2. The molecule has 0 fully saturated rings. The lowest BCUT2D eigenvalue weighted by Gasteiger charge is -2.09. The first kappa shape index (κ1) is 12.2. The number of alkyl halides is 3. The van der Waals surface area contributed by atoms with Gasteiger partial charge in [-0.1, -0.05) is 11.6 Å². The molecule has 0 aliphatic rings. The summed E-state index contributed by atoms with van der Waals surface area (Å²) in [6, 6.07) is 1.89. The van der Waals surface area contributed by atoms with Gasteiger partial charge in [0.05, 0.1) is 17.5 Å². The van der Waals surface area contributed by atoms with E-state index in [9.17, 15) is 8.78 Å². The Morgan fingerprint density at radius 2 is 2.20 bits per heavy atom. The highest BCUT2D eigenvalue weighted by Gasteiger charge is 2.18. The molecule has 0 radical (unpaired) electrons. The van der Waals surface area contributed by atoms with E-state index in [2.05, 4.69) is 4.98 Å². The lowest BCUT2D eigenvalue weighted by atomic mass is 10.1. The average molecular weight is 251 g/mol. The van der Waals surface area contributed by atoms with Crippen LogP contribution < -0.4 is 0 Å². The fourth-order valence-corrected chi connectivity index (χ4v) is 1.80. The molecule has 0 saturated carbocycles. The van der Waals surface area contributed by atoms with E-state index in [4.69, 9.17) is 28.5 Å². The smallest absolute Gasteiger partial charge is 0.253 e. The van der Waals surface area contributed by atoms with E-state index in [0.717, 1.165) is 0 Å². The van der Waals surface area contributed by atoms with E-state index < -0.39 is 12.1 Å². The van der Waals surface area contributed by atoms with Crippen molar-refractivity contribution in [2.24, 2.45) is 0 Å². The highest BCUT2D eigenvalue weighted by Crippen LogP contribution is 2.30. The quantitative estimate of drug-likeness (QED) is 0.771. The second kappa shape index (κ2) is 5.24. The monoisotopic (exact) mass is 250 g/mol. The molecule has 0 bridgehead atoms. The van der Waals surface area contributed by atoms with Gasteiger partial charge >= 0.3 is 0 Å². The third kappa shape index (κ3) is 2.55. The van der Waals surface area contributed by atoms with Crippen LogP contribution >= 0.6 is 23.2 Å². The molecule has 0 aliphatic carbocycles. The van der Waals surface area contributed by atoms with Crippen LogP contribution in [0.3, 0.4) is 0 Å². The molecule has 2 nitrogen and oxygen atoms in total. The summed E-state index contributed by atoms with van der Waals surface area (Å²) in [6.45, 7) is 0. The van der Waals surface area contributed by atoms with Crippen LogP contribution in [-0.2, 0) is 12.3 Å². The Hall–Kier alpha value is -0.920. The molecule has 15 heavy (non-hydrogen) atoms. The molecule has 0 spiro atoms. The molecule has 0 atom stereocenters. The maximum Gasteiger partial charge on any atom is 0.281 e. The summed E-state index contributed by atoms with van der Waals surface area (Å²) in [5, 5.41) is 8.35. The number of hydrogen-bond donors (Lipinski definition) is 0. The minimum Gasteiger partial charge on any atom is -0.253 e. The summed E-state index contributed by atoms with van der Waals surface area (Å²) >= 11 is 11.3. The van der Waals surface area contributed by atoms with Crippen LogP contribution in [0.4, 0.5) is 8.78 Å². The molecule has 1 rings (SSSR count). The summed E-state index contributed by atoms with van der Waals surface area (Å²) in [5.41, 5.74) is 0.348. The fourth-order valence-electron chi connectivity index (χ4n) is 1.11. The Bertz CT molecular complexity index is 402. The largest absolute Gasteiger partial charge is 0.281 e. The van der Waals surface area contributed by atoms with Crippen LogP contribution in [0.5, 0.6) is 0 Å². The topological polar surface area (TPSA) is 36.7 Å². The van der Waals surface area contributed by atoms with Crippen LogP contribution in [0, 0.1) is 11.3 Å². The number of hydrogen-bond acceptors (Lipinski definition) is 2. The zero-order valence-corrected chi connectivity index (χ0v) is 8.99. The van der Waals surface area contributed by atoms with E-state index in [-0.39, 0.29) is 17.3 Å². The van der Waals surface area contributed by atoms with E-state index in [0.29, 0.717) is 11.1 Å². The zero-order valence-electron chi connectivity index (χ0n) is 7.48. The minimum absolute atomic E-state index is 0.0158. The molecule has 1 heterocycles. The van der Waals surface area contributed by atoms with Crippen LogP contribution in [-0.4, -0.2) is 4.98 Å². The Morgan fingerprint density at radius 3 is 2.67 bits per heavy atom. The minimum atomic E-state index is -2.74. The normalized spacial score (nSPS) is 10.4. The highest BCUT2D eigenvalue weighted by molar-refractivity contribution is 6.33. The van der Waals surface area contributed by atoms with E-state index in [1.807, 2.05) is 6.07 Å². The van der Waals surface area contributed by atoms with Gasteiger partial charge in [-0.2, -0.15) is 5.26 Å². The Balaban J connectivity index is 3.27. The summed E-state index contributed by atoms with van der Waals surface area (Å²) in [5.74, 6) is -0.0158. The molecule has 0 aliphatic heterocycles. The molecule has 0 amide bonds. The predicted octanol–water partition coefficient (Wildman–Crippen LogP) is 3.48. The maximum atomic E-state index is 12.4. The van der Waals surface area contributed by atoms with Gasteiger partial charge in [0.2, 0.25) is 0 Å². The molecule has 1 aromatic heterocycles. The summed E-state index contributed by atoms with van der Waals surface area (Å²) in [7, 11) is 0. The third-order valence-electron chi connectivity index (χ3n) is 1.85. The molecule has 1 aromatic rings. The lowest BCUT2D eigenvalue weighted by Crippen LogP contribution is -2.00. The van der Waals surface area contributed by atoms with Crippen LogP contribution in [0.25, 0.3) is 0 Å². The number of pyridine rings is 1. The summed E-state index contributed by atoms with van der Waals surface area (Å²) in [6.07, 6.45) is -1.47. The zero-order chi connectivity index (χ0) is 11.4. The van der Waals surface area contributed by atoms with Gasteiger partial charge in [0, 0.05) is 12.1 Å². The van der Waals surface area contributed by atoms with Gasteiger partial charge in [0.25, 0.3) is 6.43 Å². The summed E-state index contributed by atoms with van der Waals surface area (Å²) in [4.78, 5) is 3.51. The lowest BCUT2D eigenvalue weighted by molar-refractivity contribution is 0.146.